The predicted octanol–water partition coefficient (Wildman–Crippen LogP) is 1.83. The lowest BCUT2D eigenvalue weighted by atomic mass is 9.98. The van der Waals surface area contributed by atoms with E-state index in [2.05, 4.69) is 5.32 Å². The monoisotopic (exact) mass is 534 g/mol. The van der Waals surface area contributed by atoms with Crippen LogP contribution in [0.3, 0.4) is 0 Å². The number of rotatable bonds is 9. The molecule has 1 aromatic carbocycles. The smallest absolute Gasteiger partial charge is 0.444 e. The maximum Gasteiger partial charge on any atom is 0.635 e. The Bertz CT molecular complexity index is 1050. The first-order valence-corrected chi connectivity index (χ1v) is 12.5. The van der Waals surface area contributed by atoms with E-state index in [0.717, 1.165) is 5.56 Å². The van der Waals surface area contributed by atoms with Gasteiger partial charge in [-0.05, 0) is 38.3 Å². The maximum atomic E-state index is 13.7. The molecule has 2 saturated heterocycles. The number of nitriles is 1. The van der Waals surface area contributed by atoms with Crippen molar-refractivity contribution in [2.24, 2.45) is 0 Å². The molecule has 206 valence electrons. The first-order valence-electron chi connectivity index (χ1n) is 12.5. The highest BCUT2D eigenvalue weighted by atomic mass is 19.3. The molecule has 3 rings (SSSR count). The van der Waals surface area contributed by atoms with E-state index in [1.54, 1.807) is 43.0 Å². The molecular weight excluding hydrogens is 501 g/mol. The second kappa shape index (κ2) is 12.7. The van der Waals surface area contributed by atoms with Crippen LogP contribution in [-0.2, 0) is 20.6 Å². The van der Waals surface area contributed by atoms with Gasteiger partial charge < -0.3 is 24.3 Å². The Kier molecular flexibility index (Phi) is 9.84. The summed E-state index contributed by atoms with van der Waals surface area (Å²) in [5.41, 5.74) is -0.315. The van der Waals surface area contributed by atoms with Crippen LogP contribution in [0.5, 0.6) is 0 Å². The van der Waals surface area contributed by atoms with Crippen molar-refractivity contribution in [3.8, 4) is 6.07 Å². The Morgan fingerprint density at radius 3 is 2.63 bits per heavy atom. The summed E-state index contributed by atoms with van der Waals surface area (Å²) in [6.07, 6.45) is -0.334. The van der Waals surface area contributed by atoms with E-state index in [1.165, 1.54) is 11.0 Å². The molecule has 1 aromatic rings. The minimum absolute atomic E-state index is 0.0420. The lowest BCUT2D eigenvalue weighted by molar-refractivity contribution is -0.129. The van der Waals surface area contributed by atoms with Crippen molar-refractivity contribution >= 4 is 19.3 Å². The van der Waals surface area contributed by atoms with E-state index >= 15 is 0 Å². The zero-order valence-corrected chi connectivity index (χ0v) is 21.5. The van der Waals surface area contributed by atoms with Crippen LogP contribution in [0.15, 0.2) is 42.0 Å². The molecule has 2 aliphatic rings. The van der Waals surface area contributed by atoms with Crippen molar-refractivity contribution in [3.63, 3.8) is 0 Å². The van der Waals surface area contributed by atoms with Gasteiger partial charge in [-0.3, -0.25) is 15.0 Å². The number of carbonyl (C=O) groups is 2. The Morgan fingerprint density at radius 2 is 2.03 bits per heavy atom. The number of ether oxygens (including phenoxy) is 1. The third kappa shape index (κ3) is 8.49. The Hall–Kier alpha value is -3.05. The van der Waals surface area contributed by atoms with Crippen LogP contribution in [-0.4, -0.2) is 89.1 Å². The van der Waals surface area contributed by atoms with Gasteiger partial charge in [-0.2, -0.15) is 5.26 Å². The second-order valence-electron chi connectivity index (χ2n) is 10.1. The highest BCUT2D eigenvalue weighted by molar-refractivity contribution is 6.32. The number of likely N-dealkylation sites (tertiary alicyclic amines) is 2. The molecule has 3 N–H and O–H groups in total. The zero-order valence-electron chi connectivity index (χ0n) is 21.5. The van der Waals surface area contributed by atoms with Crippen molar-refractivity contribution in [2.45, 2.75) is 63.3 Å². The number of nitrogens with zero attached hydrogens (tertiary/aromatic N) is 3. The number of benzene rings is 1. The second-order valence-corrected chi connectivity index (χ2v) is 10.1. The quantitative estimate of drug-likeness (QED) is 0.189. The Morgan fingerprint density at radius 1 is 1.32 bits per heavy atom. The van der Waals surface area contributed by atoms with Crippen LogP contribution in [0.25, 0.3) is 0 Å². The first-order chi connectivity index (χ1) is 17.9. The van der Waals surface area contributed by atoms with Gasteiger partial charge in [0.2, 0.25) is 0 Å². The number of halogens is 2. The van der Waals surface area contributed by atoms with E-state index in [4.69, 9.17) is 9.39 Å². The third-order valence-corrected chi connectivity index (χ3v) is 6.60. The molecule has 2 heterocycles. The lowest BCUT2D eigenvalue weighted by Gasteiger charge is -2.35. The summed E-state index contributed by atoms with van der Waals surface area (Å²) in [6, 6.07) is 10.9. The Labute approximate surface area is 221 Å². The van der Waals surface area contributed by atoms with Crippen LogP contribution < -0.4 is 5.32 Å². The molecule has 2 fully saturated rings. The number of piperidine rings is 1. The van der Waals surface area contributed by atoms with Gasteiger partial charge >= 0.3 is 13.4 Å². The molecule has 0 aliphatic carbocycles. The molecule has 38 heavy (non-hydrogen) atoms. The summed E-state index contributed by atoms with van der Waals surface area (Å²) >= 11 is 0. The van der Waals surface area contributed by atoms with Gasteiger partial charge in [-0.1, -0.05) is 30.3 Å². The van der Waals surface area contributed by atoms with E-state index in [1.807, 2.05) is 12.1 Å². The molecule has 0 saturated carbocycles. The van der Waals surface area contributed by atoms with Crippen molar-refractivity contribution in [1.82, 2.24) is 15.1 Å². The molecule has 0 radical (unpaired) electrons. The molecule has 2 aliphatic heterocycles. The summed E-state index contributed by atoms with van der Waals surface area (Å²) in [4.78, 5) is 28.6. The number of amides is 2. The van der Waals surface area contributed by atoms with Gasteiger partial charge in [-0.25, -0.2) is 13.6 Å². The maximum absolute atomic E-state index is 13.7. The molecule has 0 aromatic heterocycles. The minimum atomic E-state index is -2.81. The van der Waals surface area contributed by atoms with Gasteiger partial charge in [0.25, 0.3) is 11.8 Å². The molecule has 10 nitrogen and oxygen atoms in total. The average molecular weight is 534 g/mol. The molecule has 0 spiro atoms. The fourth-order valence-corrected chi connectivity index (χ4v) is 4.63. The van der Waals surface area contributed by atoms with E-state index in [0.29, 0.717) is 19.4 Å². The van der Waals surface area contributed by atoms with E-state index < -0.39 is 49.7 Å². The standard InChI is InChI=1S/C25H33BF2N4O6/c1-24(2,32-12-10-25(27,28)17-32)14-19(15-29)22(33)31-11-6-9-20(16-31)37-23(34)30-21(38-26(35)36)13-18-7-4-3-5-8-18/h3-5,7-8,14,20-21,35-36H,6,9-13,16-17H2,1-2H3,(H,30,34)/t20-,21-/m1/s1. The van der Waals surface area contributed by atoms with Gasteiger partial charge in [0.05, 0.1) is 13.1 Å². The number of hydrogen-bond donors (Lipinski definition) is 3. The Balaban J connectivity index is 1.60. The van der Waals surface area contributed by atoms with E-state index in [-0.39, 0.29) is 31.5 Å². The van der Waals surface area contributed by atoms with Crippen LogP contribution in [0.4, 0.5) is 13.6 Å². The predicted molar refractivity (Wildman–Crippen MR) is 133 cm³/mol. The van der Waals surface area contributed by atoms with Crippen molar-refractivity contribution < 1.29 is 37.8 Å². The van der Waals surface area contributed by atoms with Crippen molar-refractivity contribution in [1.29, 1.82) is 5.26 Å². The highest BCUT2D eigenvalue weighted by Gasteiger charge is 2.43. The lowest BCUT2D eigenvalue weighted by Crippen LogP contribution is -2.48. The van der Waals surface area contributed by atoms with Gasteiger partial charge in [0.15, 0.2) is 0 Å². The number of nitrogens with one attached hydrogen (secondary N) is 1. The average Bonchev–Trinajstić information content (AvgIpc) is 3.23. The van der Waals surface area contributed by atoms with Gasteiger partial charge in [-0.15, -0.1) is 0 Å². The van der Waals surface area contributed by atoms with Gasteiger partial charge in [0.1, 0.15) is 24.0 Å². The largest absolute Gasteiger partial charge is 0.635 e. The number of alkyl halides is 2. The SMILES string of the molecule is CC(C)(C=C(C#N)C(=O)N1CCC[C@@H](OC(=O)N[C@@H](Cc2ccccc2)OB(O)O)C1)N1CCC(F)(F)C1. The molecular formula is C25H33BF2N4O6. The molecule has 2 amide bonds. The molecule has 0 unspecified atom stereocenters. The number of hydrogen-bond acceptors (Lipinski definition) is 8. The molecule has 2 atom stereocenters. The number of alkyl carbamates (subject to hydrolysis) is 1. The summed E-state index contributed by atoms with van der Waals surface area (Å²) in [5, 5.41) is 30.5. The summed E-state index contributed by atoms with van der Waals surface area (Å²) in [7, 11) is -2.11. The van der Waals surface area contributed by atoms with Crippen LogP contribution in [0.2, 0.25) is 0 Å². The van der Waals surface area contributed by atoms with Crippen molar-refractivity contribution in [2.75, 3.05) is 26.2 Å². The normalized spacial score (nSPS) is 20.9. The van der Waals surface area contributed by atoms with Crippen LogP contribution in [0.1, 0.15) is 38.7 Å². The zero-order chi connectivity index (χ0) is 27.9. The fourth-order valence-electron chi connectivity index (χ4n) is 4.63. The van der Waals surface area contributed by atoms with E-state index in [9.17, 15) is 33.7 Å². The van der Waals surface area contributed by atoms with Crippen molar-refractivity contribution in [3.05, 3.63) is 47.5 Å². The summed E-state index contributed by atoms with van der Waals surface area (Å²) in [6.45, 7) is 3.46. The minimum Gasteiger partial charge on any atom is -0.444 e. The number of carbonyl (C=O) groups excluding carboxylic acids is 2. The fraction of sp³-hybridized carbons (Fsp3) is 0.560. The summed E-state index contributed by atoms with van der Waals surface area (Å²) < 4.78 is 37.8. The molecule has 0 bridgehead atoms. The van der Waals surface area contributed by atoms with Gasteiger partial charge in [0, 0.05) is 31.5 Å². The van der Waals surface area contributed by atoms with Crippen LogP contribution in [0, 0.1) is 11.3 Å². The molecule has 13 heteroatoms. The summed E-state index contributed by atoms with van der Waals surface area (Å²) in [5.74, 6) is -3.37. The van der Waals surface area contributed by atoms with Crippen LogP contribution >= 0.6 is 0 Å². The first kappa shape index (κ1) is 29.5. The third-order valence-electron chi connectivity index (χ3n) is 6.60. The topological polar surface area (TPSA) is 135 Å². The highest BCUT2D eigenvalue weighted by Crippen LogP contribution is 2.33.